The Hall–Kier alpha value is -1.85. The zero-order valence-corrected chi connectivity index (χ0v) is 15.0. The number of amides is 1. The zero-order chi connectivity index (χ0) is 17.4. The van der Waals surface area contributed by atoms with E-state index in [-0.39, 0.29) is 12.3 Å². The summed E-state index contributed by atoms with van der Waals surface area (Å²) in [7, 11) is 0. The van der Waals surface area contributed by atoms with Gasteiger partial charge in [0.2, 0.25) is 5.91 Å². The second kappa shape index (κ2) is 6.57. The van der Waals surface area contributed by atoms with Crippen LogP contribution in [0.5, 0.6) is 0 Å². The van der Waals surface area contributed by atoms with E-state index < -0.39 is 0 Å². The van der Waals surface area contributed by atoms with E-state index in [2.05, 4.69) is 35.1 Å². The molecule has 0 unspecified atom stereocenters. The minimum Gasteiger partial charge on any atom is -0.369 e. The number of benzene rings is 1. The Labute approximate surface area is 147 Å². The van der Waals surface area contributed by atoms with Crippen molar-refractivity contribution in [2.24, 2.45) is 5.73 Å². The number of aromatic nitrogens is 1. The highest BCUT2D eigenvalue weighted by atomic mass is 35.5. The topological polar surface area (TPSA) is 71.2 Å². The van der Waals surface area contributed by atoms with Crippen LogP contribution in [-0.4, -0.2) is 36.1 Å². The average molecular weight is 347 g/mol. The molecule has 0 aliphatic carbocycles. The minimum atomic E-state index is -0.363. The Bertz CT molecular complexity index is 782. The summed E-state index contributed by atoms with van der Waals surface area (Å²) in [6.07, 6.45) is 0.157. The van der Waals surface area contributed by atoms with Crippen molar-refractivity contribution < 1.29 is 4.79 Å². The molecule has 1 aromatic carbocycles. The number of nitrogens with zero attached hydrogens (tertiary/aromatic N) is 2. The van der Waals surface area contributed by atoms with Gasteiger partial charge in [-0.15, -0.1) is 0 Å². The van der Waals surface area contributed by atoms with Crippen LogP contribution in [0.1, 0.15) is 25.0 Å². The lowest BCUT2D eigenvalue weighted by Gasteiger charge is -2.39. The zero-order valence-electron chi connectivity index (χ0n) is 14.3. The van der Waals surface area contributed by atoms with E-state index in [0.29, 0.717) is 17.2 Å². The van der Waals surface area contributed by atoms with Gasteiger partial charge in [-0.3, -0.25) is 4.79 Å². The van der Waals surface area contributed by atoms with Crippen molar-refractivity contribution >= 4 is 34.1 Å². The summed E-state index contributed by atoms with van der Waals surface area (Å²) in [4.78, 5) is 18.5. The smallest absolute Gasteiger partial charge is 0.221 e. The largest absolute Gasteiger partial charge is 0.369 e. The number of anilines is 1. The van der Waals surface area contributed by atoms with Gasteiger partial charge >= 0.3 is 0 Å². The van der Waals surface area contributed by atoms with Gasteiger partial charge in [0.15, 0.2) is 5.15 Å². The Kier molecular flexibility index (Phi) is 4.65. The van der Waals surface area contributed by atoms with E-state index >= 15 is 0 Å². The van der Waals surface area contributed by atoms with Crippen molar-refractivity contribution in [1.82, 2.24) is 10.3 Å². The predicted octanol–water partition coefficient (Wildman–Crippen LogP) is 2.41. The van der Waals surface area contributed by atoms with E-state index in [1.807, 2.05) is 19.1 Å². The maximum absolute atomic E-state index is 11.7. The number of halogens is 1. The first-order valence-corrected chi connectivity index (χ1v) is 8.61. The number of rotatable bonds is 3. The molecule has 1 aliphatic rings. The number of primary amides is 1. The molecule has 1 aromatic heterocycles. The summed E-state index contributed by atoms with van der Waals surface area (Å²) in [6.45, 7) is 7.94. The summed E-state index contributed by atoms with van der Waals surface area (Å²) in [5, 5.41) is 4.89. The highest BCUT2D eigenvalue weighted by Crippen LogP contribution is 2.35. The second-order valence-electron chi connectivity index (χ2n) is 6.77. The third-order valence-electron chi connectivity index (χ3n) is 4.40. The second-order valence-corrected chi connectivity index (χ2v) is 7.13. The van der Waals surface area contributed by atoms with Crippen LogP contribution >= 0.6 is 11.6 Å². The molecule has 0 spiro atoms. The molecule has 1 aliphatic heterocycles. The molecule has 0 radical (unpaired) electrons. The van der Waals surface area contributed by atoms with Crippen molar-refractivity contribution in [3.63, 3.8) is 0 Å². The minimum absolute atomic E-state index is 0.157. The van der Waals surface area contributed by atoms with Crippen LogP contribution < -0.4 is 16.0 Å². The highest BCUT2D eigenvalue weighted by Gasteiger charge is 2.27. The normalized spacial score (nSPS) is 21.2. The summed E-state index contributed by atoms with van der Waals surface area (Å²) < 4.78 is 0. The van der Waals surface area contributed by atoms with Gasteiger partial charge in [-0.05, 0) is 38.5 Å². The SMILES string of the molecule is Cc1ccc2nc(Cl)c(N3C[C@@H](C)N[C@@H](C)C3)c(CC(N)=O)c2c1. The fourth-order valence-corrected chi connectivity index (χ4v) is 3.91. The van der Waals surface area contributed by atoms with Crippen molar-refractivity contribution in [2.45, 2.75) is 39.3 Å². The van der Waals surface area contributed by atoms with Gasteiger partial charge < -0.3 is 16.0 Å². The van der Waals surface area contributed by atoms with Gasteiger partial charge in [-0.1, -0.05) is 23.2 Å². The first-order chi connectivity index (χ1) is 11.3. The first-order valence-electron chi connectivity index (χ1n) is 8.23. The number of piperazine rings is 1. The number of aryl methyl sites for hydroxylation is 1. The molecule has 1 amide bonds. The van der Waals surface area contributed by atoms with Crippen molar-refractivity contribution in [3.05, 3.63) is 34.5 Å². The van der Waals surface area contributed by atoms with Crippen LogP contribution in [0.25, 0.3) is 10.9 Å². The molecule has 128 valence electrons. The quantitative estimate of drug-likeness (QED) is 0.837. The van der Waals surface area contributed by atoms with Gasteiger partial charge in [0.1, 0.15) is 0 Å². The number of carbonyl (C=O) groups excluding carboxylic acids is 1. The summed E-state index contributed by atoms with van der Waals surface area (Å²) in [5.74, 6) is -0.363. The molecule has 3 N–H and O–H groups in total. The summed E-state index contributed by atoms with van der Waals surface area (Å²) in [5.41, 5.74) is 9.15. The lowest BCUT2D eigenvalue weighted by atomic mass is 10.00. The van der Waals surface area contributed by atoms with Gasteiger partial charge in [0.05, 0.1) is 17.6 Å². The van der Waals surface area contributed by atoms with Crippen LogP contribution in [0.3, 0.4) is 0 Å². The van der Waals surface area contributed by atoms with Crippen LogP contribution in [0, 0.1) is 6.92 Å². The predicted molar refractivity (Wildman–Crippen MR) is 98.7 cm³/mol. The Morgan fingerprint density at radius 1 is 1.38 bits per heavy atom. The lowest BCUT2D eigenvalue weighted by molar-refractivity contribution is -0.117. The maximum Gasteiger partial charge on any atom is 0.221 e. The molecule has 3 rings (SSSR count). The number of fused-ring (bicyclic) bond motifs is 1. The molecule has 2 atom stereocenters. The molecule has 2 heterocycles. The molecular formula is C18H23ClN4O. The Morgan fingerprint density at radius 3 is 2.67 bits per heavy atom. The number of hydrogen-bond acceptors (Lipinski definition) is 4. The molecule has 1 fully saturated rings. The first kappa shape index (κ1) is 17.0. The Balaban J connectivity index is 2.21. The molecule has 6 heteroatoms. The number of nitrogens with one attached hydrogen (secondary N) is 1. The molecule has 0 saturated carbocycles. The number of nitrogens with two attached hydrogens (primary N) is 1. The van der Waals surface area contributed by atoms with Crippen LogP contribution in [0.15, 0.2) is 18.2 Å². The van der Waals surface area contributed by atoms with E-state index in [4.69, 9.17) is 17.3 Å². The van der Waals surface area contributed by atoms with Crippen LogP contribution in [-0.2, 0) is 11.2 Å². The Morgan fingerprint density at radius 2 is 2.04 bits per heavy atom. The molecule has 1 saturated heterocycles. The third-order valence-corrected chi connectivity index (χ3v) is 4.67. The van der Waals surface area contributed by atoms with E-state index in [0.717, 1.165) is 40.8 Å². The van der Waals surface area contributed by atoms with E-state index in [1.165, 1.54) is 0 Å². The maximum atomic E-state index is 11.7. The monoisotopic (exact) mass is 346 g/mol. The van der Waals surface area contributed by atoms with E-state index in [1.54, 1.807) is 0 Å². The summed E-state index contributed by atoms with van der Waals surface area (Å²) >= 11 is 6.54. The third kappa shape index (κ3) is 3.32. The number of pyridine rings is 1. The van der Waals surface area contributed by atoms with Crippen LogP contribution in [0.2, 0.25) is 5.15 Å². The highest BCUT2D eigenvalue weighted by molar-refractivity contribution is 6.33. The van der Waals surface area contributed by atoms with E-state index in [9.17, 15) is 4.79 Å². The van der Waals surface area contributed by atoms with Gasteiger partial charge in [-0.2, -0.15) is 0 Å². The lowest BCUT2D eigenvalue weighted by Crippen LogP contribution is -2.54. The van der Waals surface area contributed by atoms with Gasteiger partial charge in [-0.25, -0.2) is 4.98 Å². The summed E-state index contributed by atoms with van der Waals surface area (Å²) in [6, 6.07) is 6.65. The van der Waals surface area contributed by atoms with Crippen molar-refractivity contribution in [1.29, 1.82) is 0 Å². The standard InChI is InChI=1S/C18H23ClN4O/c1-10-4-5-15-13(6-10)14(7-16(20)24)17(18(19)22-15)23-8-11(2)21-12(3)9-23/h4-6,11-12,21H,7-9H2,1-3H3,(H2,20,24)/t11-,12+. The molecule has 2 aromatic rings. The van der Waals surface area contributed by atoms with Gasteiger partial charge in [0, 0.05) is 30.6 Å². The van der Waals surface area contributed by atoms with Crippen LogP contribution in [0.4, 0.5) is 5.69 Å². The molecule has 24 heavy (non-hydrogen) atoms. The number of carbonyl (C=O) groups is 1. The fraction of sp³-hybridized carbons (Fsp3) is 0.444. The number of hydrogen-bond donors (Lipinski definition) is 2. The van der Waals surface area contributed by atoms with Crippen molar-refractivity contribution in [2.75, 3.05) is 18.0 Å². The fourth-order valence-electron chi connectivity index (χ4n) is 3.58. The average Bonchev–Trinajstić information content (AvgIpc) is 2.46. The molecule has 5 nitrogen and oxygen atoms in total. The molecular weight excluding hydrogens is 324 g/mol. The molecule has 0 bridgehead atoms. The van der Waals surface area contributed by atoms with Gasteiger partial charge in [0.25, 0.3) is 0 Å². The van der Waals surface area contributed by atoms with Crippen molar-refractivity contribution in [3.8, 4) is 0 Å².